The van der Waals surface area contributed by atoms with Crippen molar-refractivity contribution in [1.82, 2.24) is 0 Å². The Balaban J connectivity index is 2.17. The second-order valence-electron chi connectivity index (χ2n) is 3.67. The number of carbonyl (C=O) groups excluding carboxylic acids is 2. The van der Waals surface area contributed by atoms with Gasteiger partial charge in [0.2, 0.25) is 0 Å². The molecule has 2 aliphatic rings. The normalized spacial score (nSPS) is 38.8. The molecule has 66 valence electrons. The standard InChI is InChI=1S/C9H12O3/c1-12-9(11)7-5-2-3-6(4-5)8(7)10/h5-7H,2-4H2,1H3. The van der Waals surface area contributed by atoms with E-state index in [0.717, 1.165) is 19.3 Å². The van der Waals surface area contributed by atoms with Crippen LogP contribution in [0.5, 0.6) is 0 Å². The van der Waals surface area contributed by atoms with Crippen LogP contribution >= 0.6 is 0 Å². The van der Waals surface area contributed by atoms with Gasteiger partial charge in [0.25, 0.3) is 0 Å². The second kappa shape index (κ2) is 2.57. The molecular formula is C9H12O3. The van der Waals surface area contributed by atoms with E-state index >= 15 is 0 Å². The largest absolute Gasteiger partial charge is 0.468 e. The minimum atomic E-state index is -0.422. The lowest BCUT2D eigenvalue weighted by atomic mass is 9.88. The van der Waals surface area contributed by atoms with E-state index in [4.69, 9.17) is 0 Å². The van der Waals surface area contributed by atoms with Crippen molar-refractivity contribution < 1.29 is 14.3 Å². The molecule has 0 aliphatic heterocycles. The van der Waals surface area contributed by atoms with E-state index in [1.165, 1.54) is 7.11 Å². The van der Waals surface area contributed by atoms with Gasteiger partial charge in [-0.2, -0.15) is 0 Å². The molecule has 0 radical (unpaired) electrons. The van der Waals surface area contributed by atoms with E-state index in [2.05, 4.69) is 4.74 Å². The third-order valence-corrected chi connectivity index (χ3v) is 3.11. The topological polar surface area (TPSA) is 43.4 Å². The van der Waals surface area contributed by atoms with E-state index in [0.29, 0.717) is 0 Å². The fraction of sp³-hybridized carbons (Fsp3) is 0.778. The first-order valence-electron chi connectivity index (χ1n) is 4.35. The summed E-state index contributed by atoms with van der Waals surface area (Å²) in [6.07, 6.45) is 2.92. The molecule has 12 heavy (non-hydrogen) atoms. The number of methoxy groups -OCH3 is 1. The molecule has 0 aromatic carbocycles. The second-order valence-corrected chi connectivity index (χ2v) is 3.67. The van der Waals surface area contributed by atoms with Gasteiger partial charge < -0.3 is 4.74 Å². The summed E-state index contributed by atoms with van der Waals surface area (Å²) in [7, 11) is 1.35. The summed E-state index contributed by atoms with van der Waals surface area (Å²) in [6, 6.07) is 0. The highest BCUT2D eigenvalue weighted by Crippen LogP contribution is 2.46. The molecule has 0 saturated heterocycles. The van der Waals surface area contributed by atoms with Gasteiger partial charge in [-0.25, -0.2) is 0 Å². The summed E-state index contributed by atoms with van der Waals surface area (Å²) >= 11 is 0. The van der Waals surface area contributed by atoms with Crippen LogP contribution in [0.25, 0.3) is 0 Å². The van der Waals surface area contributed by atoms with E-state index in [9.17, 15) is 9.59 Å². The molecule has 3 atom stereocenters. The number of carbonyl (C=O) groups is 2. The Morgan fingerprint density at radius 2 is 2.25 bits per heavy atom. The Bertz CT molecular complexity index is 234. The van der Waals surface area contributed by atoms with Crippen LogP contribution in [0.3, 0.4) is 0 Å². The summed E-state index contributed by atoms with van der Waals surface area (Å²) in [4.78, 5) is 22.6. The first-order valence-corrected chi connectivity index (χ1v) is 4.35. The Labute approximate surface area is 71.1 Å². The highest BCUT2D eigenvalue weighted by molar-refractivity contribution is 6.02. The molecule has 0 aromatic rings. The first-order chi connectivity index (χ1) is 5.74. The van der Waals surface area contributed by atoms with Gasteiger partial charge in [-0.05, 0) is 25.2 Å². The molecule has 0 N–H and O–H groups in total. The summed E-state index contributed by atoms with van der Waals surface area (Å²) in [5, 5.41) is 0. The summed E-state index contributed by atoms with van der Waals surface area (Å²) in [6.45, 7) is 0. The van der Waals surface area contributed by atoms with Crippen molar-refractivity contribution in [3.05, 3.63) is 0 Å². The SMILES string of the molecule is COC(=O)C1C(=O)C2CCC1C2. The highest BCUT2D eigenvalue weighted by Gasteiger charge is 2.50. The highest BCUT2D eigenvalue weighted by atomic mass is 16.5. The molecule has 2 fully saturated rings. The molecule has 0 heterocycles. The summed E-state index contributed by atoms with van der Waals surface area (Å²) < 4.78 is 4.60. The van der Waals surface area contributed by atoms with Crippen LogP contribution in [-0.4, -0.2) is 18.9 Å². The van der Waals surface area contributed by atoms with Crippen molar-refractivity contribution in [3.8, 4) is 0 Å². The number of ketones is 1. The molecule has 2 aliphatic carbocycles. The molecule has 3 heteroatoms. The van der Waals surface area contributed by atoms with Gasteiger partial charge in [0, 0.05) is 5.92 Å². The third kappa shape index (κ3) is 0.886. The minimum Gasteiger partial charge on any atom is -0.468 e. The van der Waals surface area contributed by atoms with Crippen LogP contribution in [-0.2, 0) is 14.3 Å². The van der Waals surface area contributed by atoms with E-state index in [-0.39, 0.29) is 23.6 Å². The van der Waals surface area contributed by atoms with Crippen molar-refractivity contribution in [3.63, 3.8) is 0 Å². The van der Waals surface area contributed by atoms with E-state index in [1.807, 2.05) is 0 Å². The number of ether oxygens (including phenoxy) is 1. The molecular weight excluding hydrogens is 156 g/mol. The van der Waals surface area contributed by atoms with Crippen molar-refractivity contribution >= 4 is 11.8 Å². The predicted octanol–water partition coefficient (Wildman–Crippen LogP) is 0.775. The number of esters is 1. The molecule has 3 nitrogen and oxygen atoms in total. The van der Waals surface area contributed by atoms with Crippen molar-refractivity contribution in [2.24, 2.45) is 17.8 Å². The number of hydrogen-bond donors (Lipinski definition) is 0. The zero-order chi connectivity index (χ0) is 8.72. The van der Waals surface area contributed by atoms with Gasteiger partial charge in [0.15, 0.2) is 0 Å². The maximum Gasteiger partial charge on any atom is 0.316 e. The lowest BCUT2D eigenvalue weighted by Gasteiger charge is -2.17. The van der Waals surface area contributed by atoms with Gasteiger partial charge in [0.05, 0.1) is 7.11 Å². The lowest BCUT2D eigenvalue weighted by Crippen LogP contribution is -2.30. The van der Waals surface area contributed by atoms with Gasteiger partial charge in [0.1, 0.15) is 11.7 Å². The van der Waals surface area contributed by atoms with E-state index in [1.54, 1.807) is 0 Å². The Hall–Kier alpha value is -0.860. The Morgan fingerprint density at radius 1 is 1.50 bits per heavy atom. The molecule has 0 amide bonds. The van der Waals surface area contributed by atoms with Crippen LogP contribution < -0.4 is 0 Å². The number of fused-ring (bicyclic) bond motifs is 2. The lowest BCUT2D eigenvalue weighted by molar-refractivity contribution is -0.151. The molecule has 0 aromatic heterocycles. The maximum absolute atomic E-state index is 11.5. The van der Waals surface area contributed by atoms with Crippen LogP contribution in [0.1, 0.15) is 19.3 Å². The third-order valence-electron chi connectivity index (χ3n) is 3.11. The number of hydrogen-bond acceptors (Lipinski definition) is 3. The van der Waals surface area contributed by atoms with Crippen molar-refractivity contribution in [1.29, 1.82) is 0 Å². The Morgan fingerprint density at radius 3 is 2.75 bits per heavy atom. The average Bonchev–Trinajstić information content (AvgIpc) is 2.63. The zero-order valence-corrected chi connectivity index (χ0v) is 7.08. The Kier molecular flexibility index (Phi) is 1.67. The molecule has 2 bridgehead atoms. The summed E-state index contributed by atoms with van der Waals surface area (Å²) in [5.41, 5.74) is 0. The molecule has 2 rings (SSSR count). The van der Waals surface area contributed by atoms with Gasteiger partial charge in [-0.3, -0.25) is 9.59 Å². The average molecular weight is 168 g/mol. The van der Waals surface area contributed by atoms with Gasteiger partial charge in [-0.15, -0.1) is 0 Å². The summed E-state index contributed by atoms with van der Waals surface area (Å²) in [5.74, 6) is -0.173. The number of rotatable bonds is 1. The minimum absolute atomic E-state index is 0.123. The first kappa shape index (κ1) is 7.77. The van der Waals surface area contributed by atoms with Crippen molar-refractivity contribution in [2.45, 2.75) is 19.3 Å². The van der Waals surface area contributed by atoms with E-state index < -0.39 is 5.92 Å². The van der Waals surface area contributed by atoms with Crippen LogP contribution in [0.15, 0.2) is 0 Å². The van der Waals surface area contributed by atoms with Crippen LogP contribution in [0.2, 0.25) is 0 Å². The van der Waals surface area contributed by atoms with Crippen LogP contribution in [0, 0.1) is 17.8 Å². The smallest absolute Gasteiger partial charge is 0.316 e. The van der Waals surface area contributed by atoms with Crippen molar-refractivity contribution in [2.75, 3.05) is 7.11 Å². The van der Waals surface area contributed by atoms with Gasteiger partial charge >= 0.3 is 5.97 Å². The molecule has 0 spiro atoms. The quantitative estimate of drug-likeness (QED) is 0.429. The monoisotopic (exact) mass is 168 g/mol. The fourth-order valence-electron chi connectivity index (χ4n) is 2.50. The maximum atomic E-state index is 11.5. The fourth-order valence-corrected chi connectivity index (χ4v) is 2.50. The predicted molar refractivity (Wildman–Crippen MR) is 41.3 cm³/mol. The molecule has 3 unspecified atom stereocenters. The zero-order valence-electron chi connectivity index (χ0n) is 7.08. The molecule has 2 saturated carbocycles. The van der Waals surface area contributed by atoms with Gasteiger partial charge in [-0.1, -0.05) is 0 Å². The number of Topliss-reactive ketones (excluding diaryl/α,β-unsaturated/α-hetero) is 1. The van der Waals surface area contributed by atoms with Crippen LogP contribution in [0.4, 0.5) is 0 Å².